The summed E-state index contributed by atoms with van der Waals surface area (Å²) in [5.41, 5.74) is 4.75. The molecule has 5 heteroatoms. The summed E-state index contributed by atoms with van der Waals surface area (Å²) >= 11 is 0. The maximum absolute atomic E-state index is 12.9. The van der Waals surface area contributed by atoms with E-state index >= 15 is 0 Å². The second-order valence-corrected chi connectivity index (χ2v) is 8.48. The number of rotatable bonds is 11. The van der Waals surface area contributed by atoms with Gasteiger partial charge in [-0.15, -0.1) is 6.58 Å². The predicted octanol–water partition coefficient (Wildman–Crippen LogP) is 6.49. The SMILES string of the molecule is C=CCc1cc(/C=C(/C#N)C(=O)N[C@H](C)c2ccccc2)cc(OCC)c1OCc1ccc(C)cc1. The smallest absolute Gasteiger partial charge is 0.262 e. The lowest BCUT2D eigenvalue weighted by Gasteiger charge is -2.17. The molecule has 5 nitrogen and oxygen atoms in total. The Hall–Kier alpha value is -4.30. The van der Waals surface area contributed by atoms with Gasteiger partial charge in [-0.1, -0.05) is 66.2 Å². The summed E-state index contributed by atoms with van der Waals surface area (Å²) in [6, 6.07) is 23.3. The Kier molecular flexibility index (Phi) is 9.48. The average Bonchev–Trinajstić information content (AvgIpc) is 2.88. The highest BCUT2D eigenvalue weighted by molar-refractivity contribution is 6.02. The Labute approximate surface area is 213 Å². The molecule has 1 atom stereocenters. The van der Waals surface area contributed by atoms with Crippen LogP contribution in [0.15, 0.2) is 85.0 Å². The minimum absolute atomic E-state index is 0.0121. The van der Waals surface area contributed by atoms with Gasteiger partial charge in [-0.3, -0.25) is 4.79 Å². The van der Waals surface area contributed by atoms with Crippen LogP contribution in [0.2, 0.25) is 0 Å². The third kappa shape index (κ3) is 7.10. The molecule has 3 aromatic rings. The molecule has 0 aliphatic carbocycles. The number of nitrogens with one attached hydrogen (secondary N) is 1. The van der Waals surface area contributed by atoms with Crippen molar-refractivity contribution >= 4 is 12.0 Å². The van der Waals surface area contributed by atoms with E-state index in [9.17, 15) is 10.1 Å². The molecule has 0 heterocycles. The van der Waals surface area contributed by atoms with Crippen LogP contribution in [-0.2, 0) is 17.8 Å². The van der Waals surface area contributed by atoms with Crippen molar-refractivity contribution < 1.29 is 14.3 Å². The molecule has 0 aromatic heterocycles. The third-order valence-corrected chi connectivity index (χ3v) is 5.65. The monoisotopic (exact) mass is 480 g/mol. The van der Waals surface area contributed by atoms with Crippen LogP contribution in [-0.4, -0.2) is 12.5 Å². The lowest BCUT2D eigenvalue weighted by atomic mass is 10.0. The summed E-state index contributed by atoms with van der Waals surface area (Å²) < 4.78 is 12.1. The Morgan fingerprint density at radius 3 is 2.47 bits per heavy atom. The van der Waals surface area contributed by atoms with Crippen LogP contribution >= 0.6 is 0 Å². The van der Waals surface area contributed by atoms with Gasteiger partial charge >= 0.3 is 0 Å². The summed E-state index contributed by atoms with van der Waals surface area (Å²) in [4.78, 5) is 12.9. The minimum atomic E-state index is -0.434. The molecule has 0 aliphatic heterocycles. The van der Waals surface area contributed by atoms with Gasteiger partial charge in [0.1, 0.15) is 18.2 Å². The van der Waals surface area contributed by atoms with E-state index in [1.807, 2.05) is 87.5 Å². The van der Waals surface area contributed by atoms with Gasteiger partial charge in [-0.05, 0) is 62.1 Å². The van der Waals surface area contributed by atoms with Gasteiger partial charge in [0.2, 0.25) is 0 Å². The number of allylic oxidation sites excluding steroid dienone is 1. The number of hydrogen-bond donors (Lipinski definition) is 1. The first-order valence-electron chi connectivity index (χ1n) is 12.0. The van der Waals surface area contributed by atoms with E-state index < -0.39 is 5.91 Å². The van der Waals surface area contributed by atoms with E-state index in [0.717, 1.165) is 16.7 Å². The summed E-state index contributed by atoms with van der Waals surface area (Å²) in [7, 11) is 0. The highest BCUT2D eigenvalue weighted by Gasteiger charge is 2.17. The number of benzene rings is 3. The van der Waals surface area contributed by atoms with Gasteiger partial charge in [0.25, 0.3) is 5.91 Å². The molecule has 1 N–H and O–H groups in total. The Morgan fingerprint density at radius 1 is 1.11 bits per heavy atom. The Balaban J connectivity index is 1.89. The molecule has 36 heavy (non-hydrogen) atoms. The zero-order valence-electron chi connectivity index (χ0n) is 21.1. The fourth-order valence-corrected chi connectivity index (χ4v) is 3.76. The number of nitriles is 1. The van der Waals surface area contributed by atoms with Crippen molar-refractivity contribution in [2.24, 2.45) is 0 Å². The van der Waals surface area contributed by atoms with E-state index in [4.69, 9.17) is 9.47 Å². The van der Waals surface area contributed by atoms with E-state index in [1.165, 1.54) is 5.56 Å². The first-order valence-corrected chi connectivity index (χ1v) is 12.0. The molecule has 0 fully saturated rings. The lowest BCUT2D eigenvalue weighted by molar-refractivity contribution is -0.117. The summed E-state index contributed by atoms with van der Waals surface area (Å²) in [5.74, 6) is 0.762. The van der Waals surface area contributed by atoms with E-state index in [0.29, 0.717) is 36.7 Å². The molecule has 0 unspecified atom stereocenters. The van der Waals surface area contributed by atoms with Crippen LogP contribution in [0, 0.1) is 18.3 Å². The number of ether oxygens (including phenoxy) is 2. The zero-order valence-corrected chi connectivity index (χ0v) is 21.1. The molecule has 1 amide bonds. The van der Waals surface area contributed by atoms with Gasteiger partial charge in [0, 0.05) is 5.56 Å². The topological polar surface area (TPSA) is 71.4 Å². The summed E-state index contributed by atoms with van der Waals surface area (Å²) in [6.07, 6.45) is 3.91. The van der Waals surface area contributed by atoms with Crippen molar-refractivity contribution in [3.05, 3.63) is 113 Å². The number of carbonyl (C=O) groups excluding carboxylic acids is 1. The maximum atomic E-state index is 12.9. The molecule has 0 radical (unpaired) electrons. The summed E-state index contributed by atoms with van der Waals surface area (Å²) in [6.45, 7) is 10.5. The van der Waals surface area contributed by atoms with Crippen molar-refractivity contribution in [3.8, 4) is 17.6 Å². The van der Waals surface area contributed by atoms with E-state index in [1.54, 1.807) is 18.2 Å². The van der Waals surface area contributed by atoms with Crippen LogP contribution in [0.25, 0.3) is 6.08 Å². The van der Waals surface area contributed by atoms with Gasteiger partial charge in [0.15, 0.2) is 11.5 Å². The molecule has 3 rings (SSSR count). The van der Waals surface area contributed by atoms with Crippen molar-refractivity contribution in [2.75, 3.05) is 6.61 Å². The van der Waals surface area contributed by atoms with Crippen LogP contribution in [0.3, 0.4) is 0 Å². The fraction of sp³-hybridized carbons (Fsp3) is 0.226. The van der Waals surface area contributed by atoms with Gasteiger partial charge in [-0.2, -0.15) is 5.26 Å². The normalized spacial score (nSPS) is 11.8. The van der Waals surface area contributed by atoms with Gasteiger partial charge < -0.3 is 14.8 Å². The predicted molar refractivity (Wildman–Crippen MR) is 144 cm³/mol. The molecular weight excluding hydrogens is 448 g/mol. The molecule has 184 valence electrons. The average molecular weight is 481 g/mol. The van der Waals surface area contributed by atoms with Crippen LogP contribution < -0.4 is 14.8 Å². The second-order valence-electron chi connectivity index (χ2n) is 8.48. The first-order chi connectivity index (χ1) is 17.4. The molecule has 3 aromatic carbocycles. The molecule has 0 saturated heterocycles. The van der Waals surface area contributed by atoms with Crippen LogP contribution in [0.4, 0.5) is 0 Å². The largest absolute Gasteiger partial charge is 0.490 e. The molecule has 0 spiro atoms. The van der Waals surface area contributed by atoms with E-state index in [-0.39, 0.29) is 11.6 Å². The third-order valence-electron chi connectivity index (χ3n) is 5.65. The summed E-state index contributed by atoms with van der Waals surface area (Å²) in [5, 5.41) is 12.6. The number of carbonyl (C=O) groups is 1. The van der Waals surface area contributed by atoms with Crippen molar-refractivity contribution in [1.82, 2.24) is 5.32 Å². The second kappa shape index (κ2) is 13.0. The first kappa shape index (κ1) is 26.3. The zero-order chi connectivity index (χ0) is 25.9. The van der Waals surface area contributed by atoms with Crippen molar-refractivity contribution in [3.63, 3.8) is 0 Å². The lowest BCUT2D eigenvalue weighted by Crippen LogP contribution is -2.27. The molecular formula is C31H32N2O3. The molecule has 0 bridgehead atoms. The van der Waals surface area contributed by atoms with Gasteiger partial charge in [0.05, 0.1) is 12.6 Å². The Morgan fingerprint density at radius 2 is 1.83 bits per heavy atom. The standard InChI is InChI=1S/C31H32N2O3/c1-5-10-27-17-25(18-28(20-32)31(34)33-23(4)26-11-8-7-9-12-26)19-29(35-6-2)30(27)36-21-24-15-13-22(3)14-16-24/h5,7-9,11-19,23H,1,6,10,21H2,2-4H3,(H,33,34)/b28-18-/t23-/m1/s1. The van der Waals surface area contributed by atoms with Crippen LogP contribution in [0.5, 0.6) is 11.5 Å². The minimum Gasteiger partial charge on any atom is -0.490 e. The Bertz CT molecular complexity index is 1260. The highest BCUT2D eigenvalue weighted by Crippen LogP contribution is 2.35. The van der Waals surface area contributed by atoms with Crippen molar-refractivity contribution in [2.45, 2.75) is 39.8 Å². The van der Waals surface area contributed by atoms with Gasteiger partial charge in [-0.25, -0.2) is 0 Å². The van der Waals surface area contributed by atoms with Crippen molar-refractivity contribution in [1.29, 1.82) is 5.26 Å². The highest BCUT2D eigenvalue weighted by atomic mass is 16.5. The number of hydrogen-bond acceptors (Lipinski definition) is 4. The molecule has 0 aliphatic rings. The van der Waals surface area contributed by atoms with Crippen LogP contribution in [0.1, 0.15) is 47.7 Å². The number of nitrogens with zero attached hydrogens (tertiary/aromatic N) is 1. The fourth-order valence-electron chi connectivity index (χ4n) is 3.76. The maximum Gasteiger partial charge on any atom is 0.262 e. The number of aryl methyl sites for hydroxylation is 1. The molecule has 0 saturated carbocycles. The number of amides is 1. The quantitative estimate of drug-likeness (QED) is 0.194. The van der Waals surface area contributed by atoms with E-state index in [2.05, 4.69) is 11.9 Å².